The first-order chi connectivity index (χ1) is 15.0. The summed E-state index contributed by atoms with van der Waals surface area (Å²) in [6.07, 6.45) is 2.04. The first-order valence-corrected chi connectivity index (χ1v) is 14.5. The van der Waals surface area contributed by atoms with E-state index in [2.05, 4.69) is 110 Å². The van der Waals surface area contributed by atoms with Crippen LogP contribution in [0.25, 0.3) is 44.2 Å². The molecule has 0 radical (unpaired) electrons. The van der Waals surface area contributed by atoms with Crippen LogP contribution in [0, 0.1) is 0 Å². The van der Waals surface area contributed by atoms with Crippen LogP contribution in [-0.2, 0) is 6.54 Å². The molecule has 0 saturated carbocycles. The van der Waals surface area contributed by atoms with Gasteiger partial charge in [-0.15, -0.1) is 0 Å². The fourth-order valence-corrected chi connectivity index (χ4v) is 6.10. The molecular weight excluding hydrogens is 392 g/mol. The van der Waals surface area contributed by atoms with E-state index in [1.807, 2.05) is 6.20 Å². The number of aromatic nitrogens is 2. The molecular formula is C28H28N2Si. The second kappa shape index (κ2) is 7.51. The Morgan fingerprint density at radius 3 is 2.16 bits per heavy atom. The second-order valence-electron chi connectivity index (χ2n) is 9.23. The maximum atomic E-state index is 5.03. The summed E-state index contributed by atoms with van der Waals surface area (Å²) in [4.78, 5) is 5.03. The largest absolute Gasteiger partial charge is 0.341 e. The van der Waals surface area contributed by atoms with Gasteiger partial charge < -0.3 is 4.57 Å². The molecule has 2 heterocycles. The zero-order chi connectivity index (χ0) is 21.6. The van der Waals surface area contributed by atoms with Crippen LogP contribution >= 0.6 is 0 Å². The van der Waals surface area contributed by atoms with Gasteiger partial charge in [-0.25, -0.2) is 0 Å². The summed E-state index contributed by atoms with van der Waals surface area (Å²) in [5, 5.41) is 4.04. The number of para-hydroxylation sites is 1. The van der Waals surface area contributed by atoms with E-state index in [9.17, 15) is 0 Å². The topological polar surface area (TPSA) is 17.8 Å². The van der Waals surface area contributed by atoms with Crippen LogP contribution in [0.4, 0.5) is 0 Å². The van der Waals surface area contributed by atoms with Crippen molar-refractivity contribution in [2.24, 2.45) is 0 Å². The van der Waals surface area contributed by atoms with E-state index >= 15 is 0 Å². The van der Waals surface area contributed by atoms with E-state index in [-0.39, 0.29) is 0 Å². The Bertz CT molecular complexity index is 1390. The third-order valence-corrected chi connectivity index (χ3v) is 8.16. The van der Waals surface area contributed by atoms with E-state index < -0.39 is 8.07 Å². The Hall–Kier alpha value is -3.17. The highest BCUT2D eigenvalue weighted by Crippen LogP contribution is 2.33. The average Bonchev–Trinajstić information content (AvgIpc) is 3.11. The average molecular weight is 421 g/mol. The minimum atomic E-state index is -1.62. The monoisotopic (exact) mass is 420 g/mol. The highest BCUT2D eigenvalue weighted by Gasteiger charge is 2.23. The molecule has 2 aromatic heterocycles. The molecule has 0 aliphatic rings. The molecule has 0 spiro atoms. The molecule has 154 valence electrons. The van der Waals surface area contributed by atoms with Gasteiger partial charge in [-0.3, -0.25) is 4.98 Å². The van der Waals surface area contributed by atoms with Crippen LogP contribution in [0.1, 0.15) is 6.92 Å². The molecule has 3 heteroatoms. The number of hydrogen-bond acceptors (Lipinski definition) is 1. The highest BCUT2D eigenvalue weighted by atomic mass is 28.3. The molecule has 0 aliphatic carbocycles. The number of pyridine rings is 1. The van der Waals surface area contributed by atoms with Gasteiger partial charge in [-0.1, -0.05) is 80.3 Å². The number of nitrogens with zero attached hydrogens (tertiary/aromatic N) is 2. The number of rotatable bonds is 4. The van der Waals surface area contributed by atoms with Crippen molar-refractivity contribution in [2.45, 2.75) is 33.1 Å². The summed E-state index contributed by atoms with van der Waals surface area (Å²) in [5.74, 6) is 0. The Labute approximate surface area is 185 Å². The van der Waals surface area contributed by atoms with Crippen LogP contribution in [0.2, 0.25) is 19.6 Å². The molecule has 0 fully saturated rings. The molecule has 3 aromatic carbocycles. The minimum Gasteiger partial charge on any atom is -0.341 e. The summed E-state index contributed by atoms with van der Waals surface area (Å²) < 4.78 is 2.40. The Morgan fingerprint density at radius 2 is 1.42 bits per heavy atom. The number of benzene rings is 3. The molecule has 0 amide bonds. The van der Waals surface area contributed by atoms with Crippen molar-refractivity contribution in [3.63, 3.8) is 0 Å². The van der Waals surface area contributed by atoms with Gasteiger partial charge in [0.1, 0.15) is 0 Å². The molecule has 5 aromatic rings. The van der Waals surface area contributed by atoms with Crippen molar-refractivity contribution >= 4 is 35.1 Å². The van der Waals surface area contributed by atoms with Crippen molar-refractivity contribution in [2.75, 3.05) is 0 Å². The smallest absolute Gasteiger partial charge is 0.0804 e. The third-order valence-electron chi connectivity index (χ3n) is 6.16. The van der Waals surface area contributed by atoms with E-state index in [0.29, 0.717) is 0 Å². The van der Waals surface area contributed by atoms with Crippen LogP contribution < -0.4 is 5.19 Å². The summed E-state index contributed by atoms with van der Waals surface area (Å²) in [6.45, 7) is 10.4. The lowest BCUT2D eigenvalue weighted by atomic mass is 10.0. The molecule has 2 nitrogen and oxygen atoms in total. The minimum absolute atomic E-state index is 0.966. The molecule has 0 N–H and O–H groups in total. The van der Waals surface area contributed by atoms with Crippen molar-refractivity contribution in [1.82, 2.24) is 9.55 Å². The first-order valence-electron chi connectivity index (χ1n) is 11.0. The third kappa shape index (κ3) is 3.39. The Kier molecular flexibility index (Phi) is 4.79. The van der Waals surface area contributed by atoms with Crippen LogP contribution in [0.3, 0.4) is 0 Å². The van der Waals surface area contributed by atoms with Crippen molar-refractivity contribution in [3.05, 3.63) is 85.1 Å². The Morgan fingerprint density at radius 1 is 0.710 bits per heavy atom. The van der Waals surface area contributed by atoms with Crippen LogP contribution in [0.15, 0.2) is 85.1 Å². The normalized spacial score (nSPS) is 12.0. The maximum absolute atomic E-state index is 5.03. The van der Waals surface area contributed by atoms with Gasteiger partial charge >= 0.3 is 0 Å². The lowest BCUT2D eigenvalue weighted by molar-refractivity contribution is 0.827. The number of fused-ring (bicyclic) bond motifs is 3. The summed E-state index contributed by atoms with van der Waals surface area (Å²) in [7, 11) is -1.62. The summed E-state index contributed by atoms with van der Waals surface area (Å²) in [6, 6.07) is 28.5. The Balaban J connectivity index is 1.73. The number of aryl methyl sites for hydroxylation is 1. The molecule has 31 heavy (non-hydrogen) atoms. The maximum Gasteiger partial charge on any atom is 0.0804 e. The lowest BCUT2D eigenvalue weighted by Crippen LogP contribution is -2.39. The van der Waals surface area contributed by atoms with Crippen molar-refractivity contribution in [1.29, 1.82) is 0 Å². The first kappa shape index (κ1) is 19.8. The number of hydrogen-bond donors (Lipinski definition) is 0. The summed E-state index contributed by atoms with van der Waals surface area (Å²) in [5.41, 5.74) is 7.36. The standard InChI is InChI=1S/C28H28N2Si/c1-5-30-25-14-10-9-13-23(25)24-17-21(15-16-26(24)30)28-27(31(2,3)4)18-22(19-29-28)20-11-7-6-8-12-20/h6-19H,5H2,1-4H3. The summed E-state index contributed by atoms with van der Waals surface area (Å²) >= 11 is 0. The molecule has 5 rings (SSSR count). The van der Waals surface area contributed by atoms with Crippen molar-refractivity contribution in [3.8, 4) is 22.4 Å². The quantitative estimate of drug-likeness (QED) is 0.284. The zero-order valence-corrected chi connectivity index (χ0v) is 19.7. The van der Waals surface area contributed by atoms with Crippen LogP contribution in [-0.4, -0.2) is 17.6 Å². The van der Waals surface area contributed by atoms with Gasteiger partial charge in [0.05, 0.1) is 13.8 Å². The fourth-order valence-electron chi connectivity index (χ4n) is 4.60. The van der Waals surface area contributed by atoms with Gasteiger partial charge in [0.15, 0.2) is 0 Å². The predicted molar refractivity (Wildman–Crippen MR) is 137 cm³/mol. The molecule has 0 saturated heterocycles. The van der Waals surface area contributed by atoms with Gasteiger partial charge in [-0.05, 0) is 41.4 Å². The van der Waals surface area contributed by atoms with E-state index in [1.54, 1.807) is 0 Å². The van der Waals surface area contributed by atoms with E-state index in [4.69, 9.17) is 4.98 Å². The van der Waals surface area contributed by atoms with Gasteiger partial charge in [-0.2, -0.15) is 0 Å². The van der Waals surface area contributed by atoms with Crippen molar-refractivity contribution < 1.29 is 0 Å². The molecule has 0 aliphatic heterocycles. The molecule has 0 atom stereocenters. The van der Waals surface area contributed by atoms with E-state index in [0.717, 1.165) is 12.2 Å². The molecule has 0 unspecified atom stereocenters. The van der Waals surface area contributed by atoms with Gasteiger partial charge in [0.25, 0.3) is 0 Å². The highest BCUT2D eigenvalue weighted by molar-refractivity contribution is 6.89. The predicted octanol–water partition coefficient (Wildman–Crippen LogP) is 7.09. The van der Waals surface area contributed by atoms with E-state index in [1.165, 1.54) is 43.7 Å². The second-order valence-corrected chi connectivity index (χ2v) is 14.3. The SMILES string of the molecule is CCn1c2ccccc2c2cc(-c3ncc(-c4ccccc4)cc3[Si](C)(C)C)ccc21. The lowest BCUT2D eigenvalue weighted by Gasteiger charge is -2.22. The zero-order valence-electron chi connectivity index (χ0n) is 18.7. The molecule has 0 bridgehead atoms. The van der Waals surface area contributed by atoms with Gasteiger partial charge in [0, 0.05) is 40.1 Å². The van der Waals surface area contributed by atoms with Gasteiger partial charge in [0.2, 0.25) is 0 Å². The fraction of sp³-hybridized carbons (Fsp3) is 0.179. The van der Waals surface area contributed by atoms with Crippen LogP contribution in [0.5, 0.6) is 0 Å².